The second kappa shape index (κ2) is 6.53. The number of halogens is 1. The Morgan fingerprint density at radius 1 is 1.21 bits per heavy atom. The Bertz CT molecular complexity index is 569. The molecule has 1 rings (SSSR count). The van der Waals surface area contributed by atoms with Crippen LogP contribution < -0.4 is 0 Å². The fraction of sp³-hybridized carbons (Fsp3) is 0.500. The molecule has 0 N–H and O–H groups in total. The van der Waals surface area contributed by atoms with Crippen molar-refractivity contribution in [3.8, 4) is 6.07 Å². The zero-order valence-corrected chi connectivity index (χ0v) is 13.6. The van der Waals surface area contributed by atoms with Crippen molar-refractivity contribution in [1.29, 1.82) is 5.26 Å². The molecule has 0 fully saturated rings. The monoisotopic (exact) mass is 343 g/mol. The van der Waals surface area contributed by atoms with E-state index in [0.717, 1.165) is 0 Å². The van der Waals surface area contributed by atoms with Crippen molar-refractivity contribution in [2.75, 3.05) is 0 Å². The van der Waals surface area contributed by atoms with Gasteiger partial charge in [-0.05, 0) is 40.9 Å². The van der Waals surface area contributed by atoms with Crippen LogP contribution in [-0.4, -0.2) is 13.2 Å². The smallest absolute Gasteiger partial charge is 0.198 e. The highest BCUT2D eigenvalue weighted by atomic mass is 79.9. The van der Waals surface area contributed by atoms with Crippen LogP contribution in [0.2, 0.25) is 0 Å². The van der Waals surface area contributed by atoms with E-state index in [1.807, 2.05) is 13.8 Å². The van der Waals surface area contributed by atoms with E-state index >= 15 is 0 Å². The van der Waals surface area contributed by atoms with Crippen LogP contribution >= 0.6 is 15.9 Å². The largest absolute Gasteiger partial charge is 0.222 e. The van der Waals surface area contributed by atoms with Gasteiger partial charge in [0.15, 0.2) is 14.6 Å². The summed E-state index contributed by atoms with van der Waals surface area (Å²) in [5.74, 6) is 0. The summed E-state index contributed by atoms with van der Waals surface area (Å²) in [7, 11) is -3.68. The maximum Gasteiger partial charge on any atom is 0.198 e. The van der Waals surface area contributed by atoms with Gasteiger partial charge in [-0.2, -0.15) is 5.26 Å². The highest BCUT2D eigenvalue weighted by Crippen LogP contribution is 2.36. The summed E-state index contributed by atoms with van der Waals surface area (Å²) in [5.41, 5.74) is 0. The molecule has 0 atom stereocenters. The molecule has 0 unspecified atom stereocenters. The van der Waals surface area contributed by atoms with Crippen LogP contribution in [0.1, 0.15) is 39.5 Å². The number of nitriles is 1. The molecule has 0 saturated carbocycles. The Morgan fingerprint density at radius 2 is 1.74 bits per heavy atom. The topological polar surface area (TPSA) is 57.9 Å². The van der Waals surface area contributed by atoms with Crippen LogP contribution in [-0.2, 0) is 9.84 Å². The molecule has 0 saturated heterocycles. The molecule has 1 aromatic rings. The fourth-order valence-corrected chi connectivity index (χ4v) is 5.24. The van der Waals surface area contributed by atoms with Crippen molar-refractivity contribution in [1.82, 2.24) is 0 Å². The van der Waals surface area contributed by atoms with Crippen LogP contribution in [0, 0.1) is 11.3 Å². The van der Waals surface area contributed by atoms with Crippen LogP contribution in [0.5, 0.6) is 0 Å². The van der Waals surface area contributed by atoms with E-state index in [0.29, 0.717) is 30.2 Å². The molecular weight excluding hydrogens is 326 g/mol. The molecule has 1 aromatic carbocycles. The molecule has 104 valence electrons. The molecule has 0 amide bonds. The summed E-state index contributed by atoms with van der Waals surface area (Å²) in [6.07, 6.45) is 2.05. The van der Waals surface area contributed by atoms with Gasteiger partial charge >= 0.3 is 0 Å². The maximum absolute atomic E-state index is 12.8. The quantitative estimate of drug-likeness (QED) is 0.781. The first-order valence-electron chi connectivity index (χ1n) is 6.35. The van der Waals surface area contributed by atoms with Gasteiger partial charge in [-0.1, -0.05) is 38.8 Å². The fourth-order valence-electron chi connectivity index (χ4n) is 2.25. The van der Waals surface area contributed by atoms with Gasteiger partial charge in [0.25, 0.3) is 0 Å². The van der Waals surface area contributed by atoms with Crippen LogP contribution in [0.4, 0.5) is 0 Å². The minimum atomic E-state index is -3.68. The Balaban J connectivity index is 3.45. The lowest BCUT2D eigenvalue weighted by molar-refractivity contribution is 0.508. The molecular formula is C14H18BrNO2S. The zero-order chi connectivity index (χ0) is 14.5. The molecule has 0 bridgehead atoms. The van der Waals surface area contributed by atoms with Gasteiger partial charge in [-0.3, -0.25) is 0 Å². The van der Waals surface area contributed by atoms with E-state index in [1.165, 1.54) is 0 Å². The molecule has 0 aliphatic heterocycles. The first-order chi connectivity index (χ1) is 8.95. The summed E-state index contributed by atoms with van der Waals surface area (Å²) in [4.78, 5) is 0.207. The SMILES string of the molecule is CCCC(C#N)(CCC)S(=O)(=O)c1ccccc1Br. The molecule has 0 radical (unpaired) electrons. The van der Waals surface area contributed by atoms with Crippen LogP contribution in [0.25, 0.3) is 0 Å². The van der Waals surface area contributed by atoms with E-state index in [2.05, 4.69) is 22.0 Å². The van der Waals surface area contributed by atoms with Gasteiger partial charge in [0, 0.05) is 4.47 Å². The number of nitrogens with zero attached hydrogens (tertiary/aromatic N) is 1. The summed E-state index contributed by atoms with van der Waals surface area (Å²) >= 11 is 3.27. The van der Waals surface area contributed by atoms with E-state index in [-0.39, 0.29) is 4.90 Å². The number of sulfone groups is 1. The Morgan fingerprint density at radius 3 is 2.16 bits per heavy atom. The standard InChI is InChI=1S/C14H18BrNO2S/c1-3-9-14(11-16,10-4-2)19(17,18)13-8-6-5-7-12(13)15/h5-8H,3-4,9-10H2,1-2H3. The second-order valence-electron chi connectivity index (χ2n) is 4.54. The van der Waals surface area contributed by atoms with Crippen molar-refractivity contribution in [3.63, 3.8) is 0 Å². The van der Waals surface area contributed by atoms with E-state index in [9.17, 15) is 13.7 Å². The first kappa shape index (κ1) is 16.2. The summed E-state index contributed by atoms with van der Waals surface area (Å²) in [6.45, 7) is 3.80. The molecule has 0 heterocycles. The lowest BCUT2D eigenvalue weighted by Crippen LogP contribution is -2.37. The predicted octanol–water partition coefficient (Wildman–Crippen LogP) is 4.09. The molecule has 3 nitrogen and oxygen atoms in total. The molecule has 5 heteroatoms. The number of hydrogen-bond donors (Lipinski definition) is 0. The minimum Gasteiger partial charge on any atom is -0.222 e. The van der Waals surface area contributed by atoms with Gasteiger partial charge in [-0.25, -0.2) is 8.42 Å². The van der Waals surface area contributed by atoms with Crippen molar-refractivity contribution in [2.45, 2.75) is 49.2 Å². The van der Waals surface area contributed by atoms with Gasteiger partial charge in [0.1, 0.15) is 0 Å². The average Bonchev–Trinajstić information content (AvgIpc) is 2.38. The summed E-state index contributed by atoms with van der Waals surface area (Å²) in [5, 5.41) is 9.48. The maximum atomic E-state index is 12.8. The molecule has 19 heavy (non-hydrogen) atoms. The number of hydrogen-bond acceptors (Lipinski definition) is 3. The molecule has 0 aromatic heterocycles. The van der Waals surface area contributed by atoms with E-state index in [1.54, 1.807) is 24.3 Å². The Labute approximate surface area is 123 Å². The highest BCUT2D eigenvalue weighted by molar-refractivity contribution is 9.10. The van der Waals surface area contributed by atoms with Crippen molar-refractivity contribution in [2.24, 2.45) is 0 Å². The molecule has 0 aliphatic rings. The first-order valence-corrected chi connectivity index (χ1v) is 8.63. The van der Waals surface area contributed by atoms with E-state index < -0.39 is 14.6 Å². The van der Waals surface area contributed by atoms with Crippen molar-refractivity contribution in [3.05, 3.63) is 28.7 Å². The third-order valence-electron chi connectivity index (χ3n) is 3.15. The predicted molar refractivity (Wildman–Crippen MR) is 79.5 cm³/mol. The zero-order valence-electron chi connectivity index (χ0n) is 11.2. The Hall–Kier alpha value is -0.860. The number of benzene rings is 1. The minimum absolute atomic E-state index is 0.207. The lowest BCUT2D eigenvalue weighted by Gasteiger charge is -2.26. The van der Waals surface area contributed by atoms with Crippen LogP contribution in [0.15, 0.2) is 33.6 Å². The van der Waals surface area contributed by atoms with Gasteiger partial charge in [-0.15, -0.1) is 0 Å². The van der Waals surface area contributed by atoms with Crippen molar-refractivity contribution >= 4 is 25.8 Å². The number of rotatable bonds is 6. The molecule has 0 spiro atoms. The summed E-state index contributed by atoms with van der Waals surface area (Å²) < 4.78 is 24.9. The van der Waals surface area contributed by atoms with Gasteiger partial charge in [0.05, 0.1) is 11.0 Å². The summed E-state index contributed by atoms with van der Waals surface area (Å²) in [6, 6.07) is 8.75. The third-order valence-corrected chi connectivity index (χ3v) is 6.57. The third kappa shape index (κ3) is 3.01. The normalized spacial score (nSPS) is 12.1. The lowest BCUT2D eigenvalue weighted by atomic mass is 9.99. The van der Waals surface area contributed by atoms with Gasteiger partial charge < -0.3 is 0 Å². The van der Waals surface area contributed by atoms with Crippen LogP contribution in [0.3, 0.4) is 0 Å². The van der Waals surface area contributed by atoms with Crippen molar-refractivity contribution < 1.29 is 8.42 Å². The Kier molecular flexibility index (Phi) is 5.57. The average molecular weight is 344 g/mol. The molecule has 0 aliphatic carbocycles. The highest BCUT2D eigenvalue weighted by Gasteiger charge is 2.44. The van der Waals surface area contributed by atoms with Gasteiger partial charge in [0.2, 0.25) is 0 Å². The van der Waals surface area contributed by atoms with E-state index in [4.69, 9.17) is 0 Å². The second-order valence-corrected chi connectivity index (χ2v) is 7.62.